The number of hydrogen-bond donors (Lipinski definition) is 0. The molecular formula is C8H13Cl. The molecule has 0 atom stereocenters. The Hall–Kier alpha value is -0.190. The summed E-state index contributed by atoms with van der Waals surface area (Å²) < 4.78 is 0. The topological polar surface area (TPSA) is 0 Å². The molecule has 1 heteroatoms. The second-order valence-electron chi connectivity index (χ2n) is 2.02. The predicted molar refractivity (Wildman–Crippen MR) is 42.9 cm³/mol. The van der Waals surface area contributed by atoms with Gasteiger partial charge < -0.3 is 0 Å². The van der Waals surface area contributed by atoms with Crippen molar-refractivity contribution in [3.8, 4) is 0 Å². The standard InChI is InChI=1S/C8H13Cl/c1-3-5-6-8(4-2)7-9/h2-3,5-7H2,1H3. The summed E-state index contributed by atoms with van der Waals surface area (Å²) in [4.78, 5) is 0. The summed E-state index contributed by atoms with van der Waals surface area (Å²) in [6.07, 6.45) is 3.47. The maximum absolute atomic E-state index is 5.56. The average molecular weight is 145 g/mol. The van der Waals surface area contributed by atoms with E-state index in [0.29, 0.717) is 5.88 Å². The minimum Gasteiger partial charge on any atom is -0.128 e. The molecule has 9 heavy (non-hydrogen) atoms. The number of rotatable bonds is 4. The monoisotopic (exact) mass is 144 g/mol. The van der Waals surface area contributed by atoms with Gasteiger partial charge in [-0.2, -0.15) is 0 Å². The van der Waals surface area contributed by atoms with Gasteiger partial charge >= 0.3 is 0 Å². The third kappa shape index (κ3) is 4.32. The van der Waals surface area contributed by atoms with Crippen molar-refractivity contribution in [3.63, 3.8) is 0 Å². The Morgan fingerprint density at radius 2 is 2.33 bits per heavy atom. The highest BCUT2D eigenvalue weighted by Gasteiger charge is 1.90. The second-order valence-corrected chi connectivity index (χ2v) is 2.28. The summed E-state index contributed by atoms with van der Waals surface area (Å²) in [6.45, 7) is 5.70. The molecule has 0 saturated heterocycles. The van der Waals surface area contributed by atoms with Crippen molar-refractivity contribution in [2.24, 2.45) is 0 Å². The van der Waals surface area contributed by atoms with Crippen molar-refractivity contribution in [1.29, 1.82) is 0 Å². The molecule has 0 heterocycles. The van der Waals surface area contributed by atoms with E-state index in [-0.39, 0.29) is 0 Å². The van der Waals surface area contributed by atoms with E-state index >= 15 is 0 Å². The van der Waals surface area contributed by atoms with E-state index in [2.05, 4.69) is 19.2 Å². The molecule has 0 N–H and O–H groups in total. The Bertz CT molecular complexity index is 110. The zero-order valence-electron chi connectivity index (χ0n) is 5.91. The number of halogens is 1. The Labute approximate surface area is 62.2 Å². The van der Waals surface area contributed by atoms with Crippen LogP contribution < -0.4 is 0 Å². The first-order chi connectivity index (χ1) is 4.35. The Morgan fingerprint density at radius 1 is 1.67 bits per heavy atom. The maximum Gasteiger partial charge on any atom is 0.0508 e. The van der Waals surface area contributed by atoms with E-state index < -0.39 is 0 Å². The molecule has 52 valence electrons. The quantitative estimate of drug-likeness (QED) is 0.420. The summed E-state index contributed by atoms with van der Waals surface area (Å²) in [5.74, 6) is 0.587. The summed E-state index contributed by atoms with van der Waals surface area (Å²) >= 11 is 5.56. The van der Waals surface area contributed by atoms with E-state index in [1.807, 2.05) is 0 Å². The molecular weight excluding hydrogens is 132 g/mol. The van der Waals surface area contributed by atoms with Crippen LogP contribution in [0.25, 0.3) is 0 Å². The summed E-state index contributed by atoms with van der Waals surface area (Å²) in [5, 5.41) is 0. The minimum atomic E-state index is 0.587. The highest BCUT2D eigenvalue weighted by Crippen LogP contribution is 2.06. The second kappa shape index (κ2) is 5.94. The normalized spacial score (nSPS) is 8.67. The number of unbranched alkanes of at least 4 members (excludes halogenated alkanes) is 1. The molecule has 0 spiro atoms. The van der Waals surface area contributed by atoms with Crippen molar-refractivity contribution in [1.82, 2.24) is 0 Å². The van der Waals surface area contributed by atoms with Gasteiger partial charge in [-0.15, -0.1) is 17.3 Å². The van der Waals surface area contributed by atoms with Crippen LogP contribution in [0.2, 0.25) is 0 Å². The lowest BCUT2D eigenvalue weighted by Crippen LogP contribution is -1.81. The first-order valence-electron chi connectivity index (χ1n) is 3.29. The van der Waals surface area contributed by atoms with Gasteiger partial charge in [-0.25, -0.2) is 0 Å². The van der Waals surface area contributed by atoms with Gasteiger partial charge in [-0.3, -0.25) is 0 Å². The van der Waals surface area contributed by atoms with Crippen LogP contribution in [0.4, 0.5) is 0 Å². The van der Waals surface area contributed by atoms with Crippen LogP contribution >= 0.6 is 11.6 Å². The molecule has 0 aromatic heterocycles. The van der Waals surface area contributed by atoms with Crippen molar-refractivity contribution in [3.05, 3.63) is 17.9 Å². The van der Waals surface area contributed by atoms with Crippen LogP contribution in [0.5, 0.6) is 0 Å². The van der Waals surface area contributed by atoms with Crippen molar-refractivity contribution >= 4 is 11.6 Å². The zero-order valence-corrected chi connectivity index (χ0v) is 6.67. The fourth-order valence-electron chi connectivity index (χ4n) is 0.593. The molecule has 0 amide bonds. The zero-order chi connectivity index (χ0) is 7.11. The van der Waals surface area contributed by atoms with Crippen LogP contribution in [0, 0.1) is 0 Å². The van der Waals surface area contributed by atoms with E-state index in [9.17, 15) is 0 Å². The van der Waals surface area contributed by atoms with E-state index in [4.69, 9.17) is 11.6 Å². The molecule has 0 aliphatic heterocycles. The largest absolute Gasteiger partial charge is 0.128 e. The highest BCUT2D eigenvalue weighted by atomic mass is 35.5. The molecule has 0 rings (SSSR count). The molecule has 0 unspecified atom stereocenters. The molecule has 0 bridgehead atoms. The van der Waals surface area contributed by atoms with E-state index in [1.54, 1.807) is 0 Å². The Kier molecular flexibility index (Phi) is 5.81. The number of alkyl halides is 1. The van der Waals surface area contributed by atoms with Crippen molar-refractivity contribution in [2.75, 3.05) is 5.88 Å². The van der Waals surface area contributed by atoms with Crippen LogP contribution in [0.3, 0.4) is 0 Å². The van der Waals surface area contributed by atoms with Crippen molar-refractivity contribution in [2.45, 2.75) is 26.2 Å². The molecule has 0 aliphatic rings. The molecule has 0 aromatic carbocycles. The van der Waals surface area contributed by atoms with Gasteiger partial charge in [0.05, 0.1) is 5.88 Å². The highest BCUT2D eigenvalue weighted by molar-refractivity contribution is 6.19. The molecule has 0 radical (unpaired) electrons. The molecule has 0 aromatic rings. The molecule has 0 nitrogen and oxygen atoms in total. The molecule has 0 saturated carbocycles. The van der Waals surface area contributed by atoms with Gasteiger partial charge in [-0.1, -0.05) is 19.9 Å². The van der Waals surface area contributed by atoms with Gasteiger partial charge in [0.15, 0.2) is 0 Å². The van der Waals surface area contributed by atoms with Crippen LogP contribution in [0.15, 0.2) is 17.9 Å². The fraction of sp³-hybridized carbons (Fsp3) is 0.625. The summed E-state index contributed by atoms with van der Waals surface area (Å²) in [6, 6.07) is 0. The minimum absolute atomic E-state index is 0.587. The lowest BCUT2D eigenvalue weighted by Gasteiger charge is -1.95. The van der Waals surface area contributed by atoms with Gasteiger partial charge in [0.1, 0.15) is 0 Å². The smallest absolute Gasteiger partial charge is 0.0508 e. The first-order valence-corrected chi connectivity index (χ1v) is 3.82. The predicted octanol–water partition coefficient (Wildman–Crippen LogP) is 3.13. The Morgan fingerprint density at radius 3 is 2.67 bits per heavy atom. The van der Waals surface area contributed by atoms with E-state index in [0.717, 1.165) is 12.0 Å². The van der Waals surface area contributed by atoms with Gasteiger partial charge in [0, 0.05) is 0 Å². The van der Waals surface area contributed by atoms with Gasteiger partial charge in [0.2, 0.25) is 0 Å². The average Bonchev–Trinajstić information content (AvgIpc) is 1.91. The third-order valence-electron chi connectivity index (χ3n) is 1.24. The molecule has 0 fully saturated rings. The van der Waals surface area contributed by atoms with Crippen LogP contribution in [-0.4, -0.2) is 5.88 Å². The molecule has 0 aliphatic carbocycles. The van der Waals surface area contributed by atoms with E-state index in [1.165, 1.54) is 12.8 Å². The third-order valence-corrected chi connectivity index (χ3v) is 1.57. The summed E-state index contributed by atoms with van der Waals surface area (Å²) in [7, 11) is 0. The van der Waals surface area contributed by atoms with Crippen LogP contribution in [0.1, 0.15) is 26.2 Å². The summed E-state index contributed by atoms with van der Waals surface area (Å²) in [5.41, 5.74) is 3.96. The maximum atomic E-state index is 5.56. The number of allylic oxidation sites excluding steroid dienone is 1. The fourth-order valence-corrected chi connectivity index (χ4v) is 0.821. The van der Waals surface area contributed by atoms with Gasteiger partial charge in [0.25, 0.3) is 0 Å². The lowest BCUT2D eigenvalue weighted by molar-refractivity contribution is 0.789. The van der Waals surface area contributed by atoms with Crippen molar-refractivity contribution < 1.29 is 0 Å². The van der Waals surface area contributed by atoms with Crippen LogP contribution in [-0.2, 0) is 0 Å². The number of hydrogen-bond acceptors (Lipinski definition) is 0. The Balaban J connectivity index is 3.45. The lowest BCUT2D eigenvalue weighted by atomic mass is 10.1. The SMILES string of the molecule is C=C=C(CCl)CCCC. The van der Waals surface area contributed by atoms with Gasteiger partial charge in [-0.05, 0) is 18.4 Å². The first kappa shape index (κ1) is 8.81.